The van der Waals surface area contributed by atoms with Crippen LogP contribution in [0.15, 0.2) is 72.8 Å². The Labute approximate surface area is 218 Å². The first-order valence-corrected chi connectivity index (χ1v) is 12.5. The molecule has 1 aliphatic carbocycles. The monoisotopic (exact) mass is 527 g/mol. The molecule has 1 aliphatic heterocycles. The number of ether oxygens (including phenoxy) is 1. The molecule has 2 aliphatic rings. The van der Waals surface area contributed by atoms with Crippen LogP contribution in [0.2, 0.25) is 10.0 Å². The summed E-state index contributed by atoms with van der Waals surface area (Å²) in [6, 6.07) is 18.3. The van der Waals surface area contributed by atoms with Crippen LogP contribution in [0, 0.1) is 11.7 Å². The summed E-state index contributed by atoms with van der Waals surface area (Å²) in [6.07, 6.45) is 0.00717. The number of amides is 1. The molecule has 0 bridgehead atoms. The van der Waals surface area contributed by atoms with Gasteiger partial charge in [-0.3, -0.25) is 4.79 Å². The molecule has 36 heavy (non-hydrogen) atoms. The number of hydrogen-bond acceptors (Lipinski definition) is 3. The Hall–Kier alpha value is -2.93. The van der Waals surface area contributed by atoms with Crippen LogP contribution < -0.4 is 0 Å². The highest BCUT2D eigenvalue weighted by atomic mass is 35.5. The first-order chi connectivity index (χ1) is 17.3. The number of benzene rings is 3. The van der Waals surface area contributed by atoms with Crippen LogP contribution >= 0.6 is 23.2 Å². The number of carboxylic acid groups (broad SMARTS) is 1. The fraction of sp³-hybridized carbons (Fsp3) is 0.286. The van der Waals surface area contributed by atoms with Crippen LogP contribution in [0.3, 0.4) is 0 Å². The lowest BCUT2D eigenvalue weighted by Crippen LogP contribution is -2.58. The lowest BCUT2D eigenvalue weighted by Gasteiger charge is -2.47. The molecule has 0 unspecified atom stereocenters. The number of nitrogens with zero attached hydrogens (tertiary/aromatic N) is 1. The molecule has 0 aromatic heterocycles. The summed E-state index contributed by atoms with van der Waals surface area (Å²) in [5.41, 5.74) is 2.15. The van der Waals surface area contributed by atoms with E-state index in [9.17, 15) is 19.1 Å². The molecule has 5 nitrogen and oxygen atoms in total. The van der Waals surface area contributed by atoms with Gasteiger partial charge < -0.3 is 14.7 Å². The topological polar surface area (TPSA) is 66.8 Å². The first kappa shape index (κ1) is 24.8. The Bertz CT molecular complexity index is 1260. The summed E-state index contributed by atoms with van der Waals surface area (Å²) < 4.78 is 20.0. The second kappa shape index (κ2) is 10.2. The highest BCUT2D eigenvalue weighted by Gasteiger charge is 2.52. The summed E-state index contributed by atoms with van der Waals surface area (Å²) in [5.74, 6) is -1.96. The number of carboxylic acids is 1. The van der Waals surface area contributed by atoms with Gasteiger partial charge in [0.2, 0.25) is 0 Å². The molecule has 0 spiro atoms. The highest BCUT2D eigenvalue weighted by Crippen LogP contribution is 2.48. The Morgan fingerprint density at radius 1 is 1.00 bits per heavy atom. The maximum atomic E-state index is 14.0. The predicted molar refractivity (Wildman–Crippen MR) is 134 cm³/mol. The van der Waals surface area contributed by atoms with Crippen molar-refractivity contribution in [3.8, 4) is 0 Å². The van der Waals surface area contributed by atoms with Crippen molar-refractivity contribution in [3.63, 3.8) is 0 Å². The van der Waals surface area contributed by atoms with Crippen molar-refractivity contribution in [2.24, 2.45) is 5.92 Å². The molecule has 8 heteroatoms. The summed E-state index contributed by atoms with van der Waals surface area (Å²) >= 11 is 12.5. The zero-order chi connectivity index (χ0) is 25.4. The van der Waals surface area contributed by atoms with Crippen molar-refractivity contribution in [1.82, 2.24) is 4.90 Å². The molecule has 1 heterocycles. The van der Waals surface area contributed by atoms with E-state index in [1.165, 1.54) is 17.0 Å². The third-order valence-corrected chi connectivity index (χ3v) is 7.26. The van der Waals surface area contributed by atoms with E-state index in [0.29, 0.717) is 21.2 Å². The smallest absolute Gasteiger partial charge is 0.326 e. The van der Waals surface area contributed by atoms with E-state index in [0.717, 1.165) is 18.4 Å². The largest absolute Gasteiger partial charge is 0.480 e. The van der Waals surface area contributed by atoms with Gasteiger partial charge in [-0.05, 0) is 71.8 Å². The van der Waals surface area contributed by atoms with Gasteiger partial charge in [0.25, 0.3) is 5.91 Å². The van der Waals surface area contributed by atoms with Crippen LogP contribution in [0.5, 0.6) is 0 Å². The number of carbonyl (C=O) groups is 2. The van der Waals surface area contributed by atoms with E-state index in [1.54, 1.807) is 54.6 Å². The van der Waals surface area contributed by atoms with E-state index >= 15 is 0 Å². The third kappa shape index (κ3) is 5.12. The minimum absolute atomic E-state index is 0.133. The van der Waals surface area contributed by atoms with E-state index in [2.05, 4.69) is 0 Å². The van der Waals surface area contributed by atoms with Crippen LogP contribution in [0.1, 0.15) is 41.7 Å². The maximum Gasteiger partial charge on any atom is 0.326 e. The van der Waals surface area contributed by atoms with Crippen molar-refractivity contribution in [3.05, 3.63) is 105 Å². The standard InChI is InChI=1S/C28H24Cl2FNO4/c29-20-10-8-17(9-11-20)24-26(19-2-1-3-21(30)15-19)36-23(14-16-4-12-22(31)13-5-16)27(33)32(24)25(28(34)35)18-6-7-18/h1-5,8-13,15,18,23-26H,6-7,14H2,(H,34,35)/t23-,24+,25-,26-/m0/s1. The van der Waals surface area contributed by atoms with E-state index in [4.69, 9.17) is 27.9 Å². The quantitative estimate of drug-likeness (QED) is 0.394. The second-order valence-corrected chi connectivity index (χ2v) is 10.2. The zero-order valence-corrected chi connectivity index (χ0v) is 20.7. The molecule has 3 aromatic carbocycles. The molecule has 0 radical (unpaired) electrons. The predicted octanol–water partition coefficient (Wildman–Crippen LogP) is 6.25. The first-order valence-electron chi connectivity index (χ1n) is 11.8. The lowest BCUT2D eigenvalue weighted by molar-refractivity contribution is -0.185. The summed E-state index contributed by atoms with van der Waals surface area (Å²) in [7, 11) is 0. The normalized spacial score (nSPS) is 22.9. The average molecular weight is 528 g/mol. The fourth-order valence-electron chi connectivity index (χ4n) is 4.94. The number of rotatable bonds is 7. The molecule has 5 rings (SSSR count). The number of halogens is 3. The molecule has 186 valence electrons. The van der Waals surface area contributed by atoms with Crippen molar-refractivity contribution >= 4 is 35.1 Å². The van der Waals surface area contributed by atoms with Gasteiger partial charge in [0.1, 0.15) is 24.1 Å². The van der Waals surface area contributed by atoms with E-state index in [1.807, 2.05) is 6.07 Å². The molecule has 3 aromatic rings. The summed E-state index contributed by atoms with van der Waals surface area (Å²) in [4.78, 5) is 28.0. The van der Waals surface area contributed by atoms with Gasteiger partial charge in [-0.1, -0.05) is 59.6 Å². The van der Waals surface area contributed by atoms with Crippen LogP contribution in [0.25, 0.3) is 0 Å². The Kier molecular flexibility index (Phi) is 7.02. The number of aliphatic carboxylic acids is 1. The summed E-state index contributed by atoms with van der Waals surface area (Å²) in [5, 5.41) is 11.3. The van der Waals surface area contributed by atoms with E-state index < -0.39 is 36.2 Å². The molecule has 1 amide bonds. The second-order valence-electron chi connectivity index (χ2n) is 9.29. The molecular formula is C28H24Cl2FNO4. The molecule has 4 atom stereocenters. The molecular weight excluding hydrogens is 504 g/mol. The van der Waals surface area contributed by atoms with Gasteiger partial charge >= 0.3 is 5.97 Å². The molecule has 1 saturated heterocycles. The van der Waals surface area contributed by atoms with Crippen molar-refractivity contribution < 1.29 is 23.8 Å². The minimum atomic E-state index is -1.04. The summed E-state index contributed by atoms with van der Waals surface area (Å²) in [6.45, 7) is 0. The Morgan fingerprint density at radius 3 is 2.31 bits per heavy atom. The Balaban J connectivity index is 1.63. The third-order valence-electron chi connectivity index (χ3n) is 6.77. The fourth-order valence-corrected chi connectivity index (χ4v) is 5.26. The number of carbonyl (C=O) groups excluding carboxylic acids is 1. The average Bonchev–Trinajstić information content (AvgIpc) is 3.68. The van der Waals surface area contributed by atoms with Crippen LogP contribution in [-0.4, -0.2) is 34.0 Å². The van der Waals surface area contributed by atoms with Crippen molar-refractivity contribution in [2.75, 3.05) is 0 Å². The molecule has 1 N–H and O–H groups in total. The highest BCUT2D eigenvalue weighted by molar-refractivity contribution is 6.30. The van der Waals surface area contributed by atoms with Crippen molar-refractivity contribution in [2.45, 2.75) is 43.6 Å². The maximum absolute atomic E-state index is 14.0. The van der Waals surface area contributed by atoms with Crippen LogP contribution in [-0.2, 0) is 20.7 Å². The lowest BCUT2D eigenvalue weighted by atomic mass is 9.88. The number of morpholine rings is 1. The van der Waals surface area contributed by atoms with Gasteiger partial charge in [0, 0.05) is 16.5 Å². The van der Waals surface area contributed by atoms with Crippen LogP contribution in [0.4, 0.5) is 4.39 Å². The molecule has 2 fully saturated rings. The van der Waals surface area contributed by atoms with Gasteiger partial charge in [-0.15, -0.1) is 0 Å². The van der Waals surface area contributed by atoms with Gasteiger partial charge in [-0.25, -0.2) is 9.18 Å². The number of hydrogen-bond donors (Lipinski definition) is 1. The van der Waals surface area contributed by atoms with Gasteiger partial charge in [0.05, 0.1) is 6.04 Å². The SMILES string of the molecule is O=C(O)[C@H](C1CC1)N1C(=O)[C@H](Cc2ccc(F)cc2)O[C@@H](c2cccc(Cl)c2)[C@H]1c1ccc(Cl)cc1. The van der Waals surface area contributed by atoms with Gasteiger partial charge in [-0.2, -0.15) is 0 Å². The zero-order valence-electron chi connectivity index (χ0n) is 19.2. The van der Waals surface area contributed by atoms with Gasteiger partial charge in [0.15, 0.2) is 0 Å². The Morgan fingerprint density at radius 2 is 1.69 bits per heavy atom. The van der Waals surface area contributed by atoms with Crippen molar-refractivity contribution in [1.29, 1.82) is 0 Å². The molecule has 1 saturated carbocycles. The minimum Gasteiger partial charge on any atom is -0.480 e. The van der Waals surface area contributed by atoms with E-state index in [-0.39, 0.29) is 18.2 Å².